The van der Waals surface area contributed by atoms with Crippen LogP contribution in [0.25, 0.3) is 11.3 Å². The minimum atomic E-state index is -0.0340. The van der Waals surface area contributed by atoms with Crippen LogP contribution < -0.4 is 9.64 Å². The van der Waals surface area contributed by atoms with Gasteiger partial charge in [0.25, 0.3) is 0 Å². The number of aromatic nitrogens is 4. The zero-order valence-electron chi connectivity index (χ0n) is 20.6. The van der Waals surface area contributed by atoms with Crippen LogP contribution in [0.5, 0.6) is 5.88 Å². The van der Waals surface area contributed by atoms with Crippen LogP contribution in [0.3, 0.4) is 0 Å². The van der Waals surface area contributed by atoms with Crippen LogP contribution in [-0.2, 0) is 6.42 Å². The summed E-state index contributed by atoms with van der Waals surface area (Å²) in [6.45, 7) is 5.69. The van der Waals surface area contributed by atoms with Gasteiger partial charge in [-0.25, -0.2) is 19.9 Å². The molecule has 0 aliphatic carbocycles. The number of piperidine rings is 1. The lowest BCUT2D eigenvalue weighted by atomic mass is 9.95. The van der Waals surface area contributed by atoms with E-state index in [2.05, 4.69) is 31.8 Å². The van der Waals surface area contributed by atoms with E-state index in [4.69, 9.17) is 4.74 Å². The van der Waals surface area contributed by atoms with E-state index in [-0.39, 0.29) is 11.9 Å². The van der Waals surface area contributed by atoms with E-state index in [1.54, 1.807) is 0 Å². The zero-order chi connectivity index (χ0) is 24.9. The molecule has 1 aliphatic rings. The lowest BCUT2D eigenvalue weighted by Gasteiger charge is -2.32. The maximum Gasteiger partial charge on any atom is 0.225 e. The van der Waals surface area contributed by atoms with E-state index in [1.165, 1.54) is 6.33 Å². The molecule has 1 aliphatic heterocycles. The molecule has 0 radical (unpaired) electrons. The second kappa shape index (κ2) is 10.6. The Morgan fingerprint density at radius 2 is 1.64 bits per heavy atom. The van der Waals surface area contributed by atoms with Gasteiger partial charge in [-0.1, -0.05) is 61.5 Å². The van der Waals surface area contributed by atoms with Crippen molar-refractivity contribution < 1.29 is 9.53 Å². The van der Waals surface area contributed by atoms with Gasteiger partial charge in [0.05, 0.1) is 5.69 Å². The average Bonchev–Trinajstić information content (AvgIpc) is 2.95. The summed E-state index contributed by atoms with van der Waals surface area (Å²) in [4.78, 5) is 33.4. The van der Waals surface area contributed by atoms with Crippen LogP contribution in [0.4, 0.5) is 5.95 Å². The number of benzene rings is 2. The first kappa shape index (κ1) is 23.6. The fourth-order valence-corrected chi connectivity index (χ4v) is 4.48. The van der Waals surface area contributed by atoms with Crippen LogP contribution in [0.2, 0.25) is 0 Å². The fourth-order valence-electron chi connectivity index (χ4n) is 4.48. The van der Waals surface area contributed by atoms with Crippen LogP contribution in [-0.4, -0.2) is 44.9 Å². The number of carbonyl (C=O) groups is 1. The second-order valence-electron chi connectivity index (χ2n) is 8.94. The Morgan fingerprint density at radius 3 is 2.36 bits per heavy atom. The van der Waals surface area contributed by atoms with Crippen molar-refractivity contribution in [3.63, 3.8) is 0 Å². The Kier molecular flexibility index (Phi) is 6.98. The fraction of sp³-hybridized carbons (Fsp3) is 0.276. The molecule has 7 nitrogen and oxygen atoms in total. The lowest BCUT2D eigenvalue weighted by molar-refractivity contribution is 0.103. The summed E-state index contributed by atoms with van der Waals surface area (Å²) >= 11 is 0. The molecule has 2 aromatic heterocycles. The number of carbonyl (C=O) groups excluding carboxylic acids is 1. The molecule has 4 aromatic rings. The predicted octanol–water partition coefficient (Wildman–Crippen LogP) is 5.08. The molecule has 0 saturated carbocycles. The summed E-state index contributed by atoms with van der Waals surface area (Å²) in [6, 6.07) is 16.9. The van der Waals surface area contributed by atoms with Crippen molar-refractivity contribution in [2.45, 2.75) is 39.2 Å². The summed E-state index contributed by atoms with van der Waals surface area (Å²) < 4.78 is 6.35. The smallest absolute Gasteiger partial charge is 0.225 e. The predicted molar refractivity (Wildman–Crippen MR) is 139 cm³/mol. The molecule has 1 saturated heterocycles. The summed E-state index contributed by atoms with van der Waals surface area (Å²) in [5, 5.41) is 0. The molecule has 3 heterocycles. The summed E-state index contributed by atoms with van der Waals surface area (Å²) in [5.74, 6) is 1.29. The number of nitrogens with zero attached hydrogens (tertiary/aromatic N) is 5. The summed E-state index contributed by atoms with van der Waals surface area (Å²) in [6.07, 6.45) is 7.98. The number of hydrogen-bond donors (Lipinski definition) is 0. The molecule has 36 heavy (non-hydrogen) atoms. The first-order chi connectivity index (χ1) is 17.6. The standard InChI is InChI=1S/C29H29N5O2/c1-3-21-17-30-29(31-18-21)34-15-13-23(14-16-34)36-28-20(2)26(32-19-33-28)24-11-7-8-12-25(24)27(35)22-9-5-4-6-10-22/h4-12,17-19,23H,3,13-16H2,1-2H3. The number of hydrogen-bond acceptors (Lipinski definition) is 7. The van der Waals surface area contributed by atoms with Gasteiger partial charge in [-0.3, -0.25) is 4.79 Å². The highest BCUT2D eigenvalue weighted by molar-refractivity contribution is 6.12. The number of anilines is 1. The minimum Gasteiger partial charge on any atom is -0.474 e. The van der Waals surface area contributed by atoms with Gasteiger partial charge in [-0.05, 0) is 18.9 Å². The second-order valence-corrected chi connectivity index (χ2v) is 8.94. The normalized spacial score (nSPS) is 14.0. The summed E-state index contributed by atoms with van der Waals surface area (Å²) in [7, 11) is 0. The SMILES string of the molecule is CCc1cnc(N2CCC(Oc3ncnc(-c4ccccc4C(=O)c4ccccc4)c3C)CC2)nc1. The first-order valence-electron chi connectivity index (χ1n) is 12.4. The highest BCUT2D eigenvalue weighted by atomic mass is 16.5. The Balaban J connectivity index is 1.32. The van der Waals surface area contributed by atoms with Crippen molar-refractivity contribution in [1.82, 2.24) is 19.9 Å². The Morgan fingerprint density at radius 1 is 0.944 bits per heavy atom. The molecule has 2 aromatic carbocycles. The monoisotopic (exact) mass is 479 g/mol. The quantitative estimate of drug-likeness (QED) is 0.342. The molecule has 0 amide bonds. The third-order valence-corrected chi connectivity index (χ3v) is 6.60. The van der Waals surface area contributed by atoms with E-state index >= 15 is 0 Å². The van der Waals surface area contributed by atoms with E-state index < -0.39 is 0 Å². The van der Waals surface area contributed by atoms with Crippen molar-refractivity contribution >= 4 is 11.7 Å². The molecule has 7 heteroatoms. The lowest BCUT2D eigenvalue weighted by Crippen LogP contribution is -2.39. The van der Waals surface area contributed by atoms with Crippen molar-refractivity contribution in [2.24, 2.45) is 0 Å². The molecule has 0 atom stereocenters. The molecular weight excluding hydrogens is 450 g/mol. The van der Waals surface area contributed by atoms with Gasteiger partial charge in [-0.2, -0.15) is 0 Å². The number of ether oxygens (including phenoxy) is 1. The molecule has 5 rings (SSSR count). The third-order valence-electron chi connectivity index (χ3n) is 6.60. The van der Waals surface area contributed by atoms with E-state index in [1.807, 2.05) is 73.9 Å². The number of ketones is 1. The van der Waals surface area contributed by atoms with Crippen molar-refractivity contribution in [3.05, 3.63) is 95.6 Å². The van der Waals surface area contributed by atoms with Crippen LogP contribution >= 0.6 is 0 Å². The van der Waals surface area contributed by atoms with Gasteiger partial charge in [0.1, 0.15) is 12.4 Å². The molecule has 0 unspecified atom stereocenters. The highest BCUT2D eigenvalue weighted by Crippen LogP contribution is 2.31. The largest absolute Gasteiger partial charge is 0.474 e. The molecule has 0 N–H and O–H groups in total. The van der Waals surface area contributed by atoms with Crippen LogP contribution in [0.15, 0.2) is 73.3 Å². The van der Waals surface area contributed by atoms with Gasteiger partial charge in [0.15, 0.2) is 5.78 Å². The van der Waals surface area contributed by atoms with E-state index in [0.717, 1.165) is 55.0 Å². The minimum absolute atomic E-state index is 0.0340. The Hall–Kier alpha value is -4.13. The maximum absolute atomic E-state index is 13.2. The maximum atomic E-state index is 13.2. The topological polar surface area (TPSA) is 81.1 Å². The Labute approximate surface area is 211 Å². The Bertz CT molecular complexity index is 1330. The molecule has 1 fully saturated rings. The van der Waals surface area contributed by atoms with Crippen molar-refractivity contribution in [1.29, 1.82) is 0 Å². The summed E-state index contributed by atoms with van der Waals surface area (Å²) in [5.41, 5.74) is 4.71. The van der Waals surface area contributed by atoms with Gasteiger partial charge < -0.3 is 9.64 Å². The molecule has 182 valence electrons. The van der Waals surface area contributed by atoms with Gasteiger partial charge in [0.2, 0.25) is 11.8 Å². The molecule has 0 bridgehead atoms. The van der Waals surface area contributed by atoms with Crippen molar-refractivity contribution in [2.75, 3.05) is 18.0 Å². The molecule has 0 spiro atoms. The third kappa shape index (κ3) is 4.96. The van der Waals surface area contributed by atoms with Crippen LogP contribution in [0, 0.1) is 6.92 Å². The van der Waals surface area contributed by atoms with Gasteiger partial charge in [0, 0.05) is 60.6 Å². The average molecular weight is 480 g/mol. The van der Waals surface area contributed by atoms with Crippen LogP contribution in [0.1, 0.15) is 46.8 Å². The van der Waals surface area contributed by atoms with Gasteiger partial charge in [-0.15, -0.1) is 0 Å². The van der Waals surface area contributed by atoms with E-state index in [9.17, 15) is 4.79 Å². The molecular formula is C29H29N5O2. The van der Waals surface area contributed by atoms with E-state index in [0.29, 0.717) is 22.7 Å². The number of rotatable bonds is 7. The highest BCUT2D eigenvalue weighted by Gasteiger charge is 2.24. The number of aryl methyl sites for hydroxylation is 1. The van der Waals surface area contributed by atoms with Gasteiger partial charge >= 0.3 is 0 Å². The zero-order valence-corrected chi connectivity index (χ0v) is 20.6. The van der Waals surface area contributed by atoms with Crippen molar-refractivity contribution in [3.8, 4) is 17.1 Å². The first-order valence-corrected chi connectivity index (χ1v) is 12.4.